The van der Waals surface area contributed by atoms with Crippen LogP contribution in [-0.4, -0.2) is 39.1 Å². The number of carboxylic acid groups (broad SMARTS) is 2. The number of halogens is 1. The average Bonchev–Trinajstić information content (AvgIpc) is 2.36. The molecule has 20 heavy (non-hydrogen) atoms. The van der Waals surface area contributed by atoms with E-state index in [9.17, 15) is 14.4 Å². The number of aliphatic carboxylic acids is 2. The number of nitrogens with zero attached hydrogens (tertiary/aromatic N) is 1. The van der Waals surface area contributed by atoms with E-state index in [1.165, 1.54) is 18.3 Å². The number of carboxylic acids is 2. The Hall–Kier alpha value is -2.15. The molecule has 1 atom stereocenters. The maximum Gasteiger partial charge on any atom is 0.326 e. The van der Waals surface area contributed by atoms with Crippen LogP contribution in [0.1, 0.15) is 29.8 Å². The fourth-order valence-electron chi connectivity index (χ4n) is 1.48. The van der Waals surface area contributed by atoms with Gasteiger partial charge < -0.3 is 15.5 Å². The Morgan fingerprint density at radius 3 is 2.60 bits per heavy atom. The molecule has 7 nitrogen and oxygen atoms in total. The van der Waals surface area contributed by atoms with Gasteiger partial charge in [-0.3, -0.25) is 14.6 Å². The molecule has 0 bridgehead atoms. The molecule has 0 spiro atoms. The second-order valence-corrected chi connectivity index (χ2v) is 4.45. The van der Waals surface area contributed by atoms with Crippen molar-refractivity contribution >= 4 is 29.4 Å². The Balaban J connectivity index is 2.63. The highest BCUT2D eigenvalue weighted by molar-refractivity contribution is 6.30. The van der Waals surface area contributed by atoms with E-state index < -0.39 is 23.9 Å². The molecule has 1 aromatic rings. The minimum atomic E-state index is -1.23. The molecule has 1 aromatic heterocycles. The smallest absolute Gasteiger partial charge is 0.326 e. The minimum Gasteiger partial charge on any atom is -0.481 e. The lowest BCUT2D eigenvalue weighted by atomic mass is 10.1. The van der Waals surface area contributed by atoms with Crippen molar-refractivity contribution in [3.63, 3.8) is 0 Å². The first-order valence-corrected chi connectivity index (χ1v) is 6.15. The summed E-state index contributed by atoms with van der Waals surface area (Å²) in [4.78, 5) is 36.9. The zero-order valence-electron chi connectivity index (χ0n) is 10.4. The van der Waals surface area contributed by atoms with Crippen molar-refractivity contribution in [1.29, 1.82) is 0 Å². The van der Waals surface area contributed by atoms with E-state index in [1.807, 2.05) is 0 Å². The molecule has 0 aliphatic rings. The van der Waals surface area contributed by atoms with Crippen LogP contribution in [0.5, 0.6) is 0 Å². The first-order valence-electron chi connectivity index (χ1n) is 5.77. The summed E-state index contributed by atoms with van der Waals surface area (Å²) in [5, 5.41) is 20.1. The molecule has 0 aliphatic carbocycles. The van der Waals surface area contributed by atoms with Crippen molar-refractivity contribution in [2.75, 3.05) is 0 Å². The molecule has 1 rings (SSSR count). The van der Waals surface area contributed by atoms with Crippen LogP contribution in [0, 0.1) is 0 Å². The summed E-state index contributed by atoms with van der Waals surface area (Å²) < 4.78 is 0. The molecule has 3 N–H and O–H groups in total. The van der Waals surface area contributed by atoms with Crippen molar-refractivity contribution in [2.45, 2.75) is 25.3 Å². The van der Waals surface area contributed by atoms with Crippen molar-refractivity contribution in [3.05, 3.63) is 29.0 Å². The zero-order valence-corrected chi connectivity index (χ0v) is 11.1. The van der Waals surface area contributed by atoms with Gasteiger partial charge in [0, 0.05) is 17.6 Å². The highest BCUT2D eigenvalue weighted by Gasteiger charge is 2.21. The molecule has 0 radical (unpaired) electrons. The normalized spacial score (nSPS) is 11.7. The molecule has 1 heterocycles. The third-order valence-electron chi connectivity index (χ3n) is 2.44. The van der Waals surface area contributed by atoms with E-state index in [2.05, 4.69) is 10.3 Å². The van der Waals surface area contributed by atoms with E-state index in [1.54, 1.807) is 0 Å². The highest BCUT2D eigenvalue weighted by Crippen LogP contribution is 2.09. The van der Waals surface area contributed by atoms with Crippen molar-refractivity contribution in [3.8, 4) is 0 Å². The highest BCUT2D eigenvalue weighted by atomic mass is 35.5. The molecule has 0 aromatic carbocycles. The number of nitrogens with one attached hydrogen (secondary N) is 1. The summed E-state index contributed by atoms with van der Waals surface area (Å²) in [5.74, 6) is -2.92. The predicted molar refractivity (Wildman–Crippen MR) is 69.6 cm³/mol. The van der Waals surface area contributed by atoms with Crippen LogP contribution in [0.2, 0.25) is 5.02 Å². The second-order valence-electron chi connectivity index (χ2n) is 4.01. The maximum absolute atomic E-state index is 11.8. The van der Waals surface area contributed by atoms with Crippen molar-refractivity contribution < 1.29 is 24.6 Å². The molecule has 0 unspecified atom stereocenters. The van der Waals surface area contributed by atoms with Crippen molar-refractivity contribution in [1.82, 2.24) is 10.3 Å². The van der Waals surface area contributed by atoms with Crippen LogP contribution in [-0.2, 0) is 9.59 Å². The van der Waals surface area contributed by atoms with Gasteiger partial charge in [0.05, 0.1) is 0 Å². The fraction of sp³-hybridized carbons (Fsp3) is 0.333. The van der Waals surface area contributed by atoms with Crippen LogP contribution in [0.25, 0.3) is 0 Å². The van der Waals surface area contributed by atoms with E-state index in [4.69, 9.17) is 21.8 Å². The third kappa shape index (κ3) is 5.23. The van der Waals surface area contributed by atoms with Gasteiger partial charge >= 0.3 is 11.9 Å². The lowest BCUT2D eigenvalue weighted by Crippen LogP contribution is -2.41. The number of carbonyl (C=O) groups excluding carboxylic acids is 1. The van der Waals surface area contributed by atoms with Gasteiger partial charge in [-0.05, 0) is 25.0 Å². The number of amides is 1. The lowest BCUT2D eigenvalue weighted by Gasteiger charge is -2.13. The molecule has 8 heteroatoms. The van der Waals surface area contributed by atoms with Gasteiger partial charge in [0.2, 0.25) is 0 Å². The average molecular weight is 301 g/mol. The number of hydrogen-bond acceptors (Lipinski definition) is 4. The monoisotopic (exact) mass is 300 g/mol. The SMILES string of the molecule is O=C(O)CCC[C@@H](NC(=O)c1cc(Cl)ccn1)C(=O)O. The van der Waals surface area contributed by atoms with Crippen molar-refractivity contribution in [2.24, 2.45) is 0 Å². The van der Waals surface area contributed by atoms with Crippen LogP contribution in [0.3, 0.4) is 0 Å². The number of aromatic nitrogens is 1. The first kappa shape index (κ1) is 15.9. The van der Waals surface area contributed by atoms with E-state index in [0.717, 1.165) is 0 Å². The topological polar surface area (TPSA) is 117 Å². The standard InChI is InChI=1S/C12H13ClN2O5/c13-7-4-5-14-9(6-7)11(18)15-8(12(19)20)2-1-3-10(16)17/h4-6,8H,1-3H2,(H,15,18)(H,16,17)(H,19,20)/t8-/m1/s1. The summed E-state index contributed by atoms with van der Waals surface area (Å²) >= 11 is 5.70. The minimum absolute atomic E-state index is 0.00184. The van der Waals surface area contributed by atoms with Gasteiger partial charge in [-0.15, -0.1) is 0 Å². The van der Waals surface area contributed by atoms with Crippen LogP contribution in [0.4, 0.5) is 0 Å². The summed E-state index contributed by atoms with van der Waals surface area (Å²) in [6.07, 6.45) is 1.34. The van der Waals surface area contributed by atoms with Crippen LogP contribution < -0.4 is 5.32 Å². The summed E-state index contributed by atoms with van der Waals surface area (Å²) in [6.45, 7) is 0. The lowest BCUT2D eigenvalue weighted by molar-refractivity contribution is -0.140. The molecule has 1 amide bonds. The van der Waals surface area contributed by atoms with Gasteiger partial charge in [-0.25, -0.2) is 4.79 Å². The molecular formula is C12H13ClN2O5. The summed E-state index contributed by atoms with van der Waals surface area (Å²) in [5.41, 5.74) is 0.00184. The largest absolute Gasteiger partial charge is 0.481 e. The van der Waals surface area contributed by atoms with Crippen LogP contribution in [0.15, 0.2) is 18.3 Å². The number of rotatable bonds is 7. The van der Waals surface area contributed by atoms with Gasteiger partial charge in [-0.2, -0.15) is 0 Å². The first-order chi connectivity index (χ1) is 9.40. The van der Waals surface area contributed by atoms with Gasteiger partial charge in [0.15, 0.2) is 0 Å². The molecule has 0 saturated heterocycles. The van der Waals surface area contributed by atoms with E-state index in [0.29, 0.717) is 5.02 Å². The second kappa shape index (κ2) is 7.44. The Morgan fingerprint density at radius 1 is 1.35 bits per heavy atom. The third-order valence-corrected chi connectivity index (χ3v) is 2.68. The zero-order chi connectivity index (χ0) is 15.1. The molecule has 0 fully saturated rings. The maximum atomic E-state index is 11.8. The Bertz CT molecular complexity index is 520. The number of hydrogen-bond donors (Lipinski definition) is 3. The predicted octanol–water partition coefficient (Wildman–Crippen LogP) is 1.17. The summed E-state index contributed by atoms with van der Waals surface area (Å²) in [6, 6.07) is 1.63. The van der Waals surface area contributed by atoms with E-state index in [-0.39, 0.29) is 25.0 Å². The van der Waals surface area contributed by atoms with E-state index >= 15 is 0 Å². The van der Waals surface area contributed by atoms with Gasteiger partial charge in [0.25, 0.3) is 5.91 Å². The quantitative estimate of drug-likeness (QED) is 0.696. The molecule has 0 aliphatic heterocycles. The number of carbonyl (C=O) groups is 3. The number of pyridine rings is 1. The fourth-order valence-corrected chi connectivity index (χ4v) is 1.64. The van der Waals surface area contributed by atoms with Gasteiger partial charge in [0.1, 0.15) is 11.7 Å². The summed E-state index contributed by atoms with van der Waals surface area (Å²) in [7, 11) is 0. The van der Waals surface area contributed by atoms with Crippen LogP contribution >= 0.6 is 11.6 Å². The molecular weight excluding hydrogens is 288 g/mol. The van der Waals surface area contributed by atoms with Gasteiger partial charge in [-0.1, -0.05) is 11.6 Å². The molecule has 108 valence electrons. The Kier molecular flexibility index (Phi) is 5.92. The Morgan fingerprint density at radius 2 is 2.05 bits per heavy atom. The Labute approximate surface area is 119 Å². The molecule has 0 saturated carbocycles.